The maximum atomic E-state index is 13.4. The number of anilines is 1. The number of nitrogens with zero attached hydrogens (tertiary/aromatic N) is 3. The van der Waals surface area contributed by atoms with Crippen molar-refractivity contribution in [2.24, 2.45) is 0 Å². The number of likely N-dealkylation sites (tertiary alicyclic amines) is 1. The highest BCUT2D eigenvalue weighted by Gasteiger charge is 2.41. The molecule has 202 valence electrons. The zero-order chi connectivity index (χ0) is 27.7. The first-order valence-electron chi connectivity index (χ1n) is 12.8. The molecule has 0 saturated carbocycles. The molecule has 5 rings (SSSR count). The number of rotatable bonds is 4. The molecule has 0 bridgehead atoms. The highest BCUT2D eigenvalue weighted by atomic mass is 19.4. The lowest BCUT2D eigenvalue weighted by molar-refractivity contribution is -0.137. The molecule has 2 heterocycles. The van der Waals surface area contributed by atoms with Gasteiger partial charge in [0.15, 0.2) is 5.78 Å². The lowest BCUT2D eigenvalue weighted by Crippen LogP contribution is -2.54. The third-order valence-electron chi connectivity index (χ3n) is 7.41. The molecule has 3 aromatic carbocycles. The number of piperazine rings is 1. The normalized spacial score (nSPS) is 18.0. The van der Waals surface area contributed by atoms with E-state index in [0.717, 1.165) is 28.8 Å². The Bertz CT molecular complexity index is 1400. The Kier molecular flexibility index (Phi) is 7.16. The van der Waals surface area contributed by atoms with Gasteiger partial charge in [0.2, 0.25) is 5.91 Å². The van der Waals surface area contributed by atoms with Crippen molar-refractivity contribution in [1.29, 1.82) is 0 Å². The molecular formula is C30H28F3N3O3. The average molecular weight is 536 g/mol. The van der Waals surface area contributed by atoms with Crippen molar-refractivity contribution in [3.8, 4) is 11.1 Å². The van der Waals surface area contributed by atoms with E-state index in [-0.39, 0.29) is 43.7 Å². The molecule has 0 aliphatic carbocycles. The van der Waals surface area contributed by atoms with E-state index in [9.17, 15) is 27.6 Å². The number of carbonyl (C=O) groups is 3. The summed E-state index contributed by atoms with van der Waals surface area (Å²) in [5.41, 5.74) is 3.26. The van der Waals surface area contributed by atoms with E-state index in [0.29, 0.717) is 24.3 Å². The summed E-state index contributed by atoms with van der Waals surface area (Å²) in [6.07, 6.45) is -4.47. The highest BCUT2D eigenvalue weighted by Crippen LogP contribution is 2.32. The first-order chi connectivity index (χ1) is 18.6. The van der Waals surface area contributed by atoms with Crippen LogP contribution >= 0.6 is 0 Å². The molecule has 9 heteroatoms. The molecule has 2 aliphatic heterocycles. The van der Waals surface area contributed by atoms with Gasteiger partial charge in [-0.25, -0.2) is 0 Å². The van der Waals surface area contributed by atoms with Gasteiger partial charge >= 0.3 is 6.18 Å². The number of halogens is 3. The summed E-state index contributed by atoms with van der Waals surface area (Å²) in [5, 5.41) is 0. The molecule has 0 radical (unpaired) electrons. The molecule has 2 amide bonds. The molecule has 0 N–H and O–H groups in total. The van der Waals surface area contributed by atoms with Crippen molar-refractivity contribution in [2.45, 2.75) is 25.6 Å². The van der Waals surface area contributed by atoms with Crippen molar-refractivity contribution in [1.82, 2.24) is 9.80 Å². The minimum absolute atomic E-state index is 0.0420. The van der Waals surface area contributed by atoms with Gasteiger partial charge in [-0.15, -0.1) is 0 Å². The summed E-state index contributed by atoms with van der Waals surface area (Å²) in [6.45, 7) is 3.16. The van der Waals surface area contributed by atoms with E-state index < -0.39 is 17.8 Å². The van der Waals surface area contributed by atoms with Crippen LogP contribution in [0.2, 0.25) is 0 Å². The summed E-state index contributed by atoms with van der Waals surface area (Å²) < 4.78 is 39.3. The summed E-state index contributed by atoms with van der Waals surface area (Å²) >= 11 is 0. The highest BCUT2D eigenvalue weighted by molar-refractivity contribution is 6.04. The molecule has 0 spiro atoms. The van der Waals surface area contributed by atoms with Gasteiger partial charge in [0.25, 0.3) is 5.91 Å². The van der Waals surface area contributed by atoms with E-state index in [1.807, 2.05) is 43.3 Å². The van der Waals surface area contributed by atoms with Crippen LogP contribution in [0.15, 0.2) is 72.8 Å². The number of benzene rings is 3. The standard InChI is InChI=1S/C30H28F3N3O3/c1-20-5-2-3-8-26(20)21-9-11-22(12-10-21)28(38)36-19-25(37)18-27(36)29(39)35-15-13-34(14-16-35)24-7-4-6-23(17-24)30(31,32)33/h2-12,17,27H,13-16,18-19H2,1H3. The fraction of sp³-hybridized carbons (Fsp3) is 0.300. The summed E-state index contributed by atoms with van der Waals surface area (Å²) in [7, 11) is 0. The molecule has 2 saturated heterocycles. The Morgan fingerprint density at radius 2 is 1.56 bits per heavy atom. The monoisotopic (exact) mass is 535 g/mol. The van der Waals surface area contributed by atoms with Crippen LogP contribution in [0.4, 0.5) is 18.9 Å². The van der Waals surface area contributed by atoms with E-state index in [2.05, 4.69) is 0 Å². The molecule has 3 aromatic rings. The number of alkyl halides is 3. The predicted molar refractivity (Wildman–Crippen MR) is 141 cm³/mol. The quantitative estimate of drug-likeness (QED) is 0.481. The molecule has 2 fully saturated rings. The summed E-state index contributed by atoms with van der Waals surface area (Å²) in [5.74, 6) is -0.867. The fourth-order valence-corrected chi connectivity index (χ4v) is 5.25. The van der Waals surface area contributed by atoms with Crippen molar-refractivity contribution in [3.05, 3.63) is 89.5 Å². The van der Waals surface area contributed by atoms with Crippen molar-refractivity contribution in [3.63, 3.8) is 0 Å². The number of amides is 2. The van der Waals surface area contributed by atoms with Gasteiger partial charge in [0, 0.05) is 43.9 Å². The molecule has 0 aromatic heterocycles. The average Bonchev–Trinajstić information content (AvgIpc) is 3.34. The van der Waals surface area contributed by atoms with Gasteiger partial charge in [-0.3, -0.25) is 14.4 Å². The third kappa shape index (κ3) is 5.53. The Morgan fingerprint density at radius 1 is 0.872 bits per heavy atom. The fourth-order valence-electron chi connectivity index (χ4n) is 5.25. The largest absolute Gasteiger partial charge is 0.416 e. The summed E-state index contributed by atoms with van der Waals surface area (Å²) in [4.78, 5) is 43.9. The van der Waals surface area contributed by atoms with Crippen LogP contribution in [0.25, 0.3) is 11.1 Å². The summed E-state index contributed by atoms with van der Waals surface area (Å²) in [6, 6.07) is 19.3. The number of carbonyl (C=O) groups excluding carboxylic acids is 3. The van der Waals surface area contributed by atoms with Crippen LogP contribution in [0.5, 0.6) is 0 Å². The van der Waals surface area contributed by atoms with E-state index >= 15 is 0 Å². The second-order valence-electron chi connectivity index (χ2n) is 9.94. The van der Waals surface area contributed by atoms with Gasteiger partial charge in [0.1, 0.15) is 6.04 Å². The first kappa shape index (κ1) is 26.5. The van der Waals surface area contributed by atoms with Crippen LogP contribution in [0.1, 0.15) is 27.9 Å². The van der Waals surface area contributed by atoms with Crippen LogP contribution in [0, 0.1) is 6.92 Å². The molecular weight excluding hydrogens is 507 g/mol. The molecule has 1 unspecified atom stereocenters. The van der Waals surface area contributed by atoms with Gasteiger partial charge in [-0.2, -0.15) is 13.2 Å². The maximum absolute atomic E-state index is 13.4. The Hall–Kier alpha value is -4.14. The number of hydrogen-bond donors (Lipinski definition) is 0. The molecule has 1 atom stereocenters. The minimum atomic E-state index is -4.43. The van der Waals surface area contributed by atoms with Crippen LogP contribution in [-0.4, -0.2) is 66.2 Å². The van der Waals surface area contributed by atoms with Gasteiger partial charge < -0.3 is 14.7 Å². The van der Waals surface area contributed by atoms with E-state index in [1.54, 1.807) is 28.0 Å². The number of aryl methyl sites for hydroxylation is 1. The Morgan fingerprint density at radius 3 is 2.23 bits per heavy atom. The second-order valence-corrected chi connectivity index (χ2v) is 9.94. The van der Waals surface area contributed by atoms with Gasteiger partial charge in [0.05, 0.1) is 12.1 Å². The number of hydrogen-bond acceptors (Lipinski definition) is 4. The number of Topliss-reactive ketones (excluding diaryl/α,β-unsaturated/α-hetero) is 1. The molecule has 2 aliphatic rings. The number of ketones is 1. The van der Waals surface area contributed by atoms with Crippen molar-refractivity contribution >= 4 is 23.3 Å². The zero-order valence-corrected chi connectivity index (χ0v) is 21.4. The minimum Gasteiger partial charge on any atom is -0.368 e. The maximum Gasteiger partial charge on any atom is 0.416 e. The Balaban J connectivity index is 1.26. The second kappa shape index (κ2) is 10.6. The van der Waals surface area contributed by atoms with Gasteiger partial charge in [-0.1, -0.05) is 42.5 Å². The predicted octanol–water partition coefficient (Wildman–Crippen LogP) is 4.81. The van der Waals surface area contributed by atoms with Crippen LogP contribution < -0.4 is 4.90 Å². The van der Waals surface area contributed by atoms with Crippen molar-refractivity contribution < 1.29 is 27.6 Å². The lowest BCUT2D eigenvalue weighted by atomic mass is 9.99. The lowest BCUT2D eigenvalue weighted by Gasteiger charge is -2.38. The van der Waals surface area contributed by atoms with Crippen molar-refractivity contribution in [2.75, 3.05) is 37.6 Å². The smallest absolute Gasteiger partial charge is 0.368 e. The molecule has 6 nitrogen and oxygen atoms in total. The first-order valence-corrected chi connectivity index (χ1v) is 12.8. The topological polar surface area (TPSA) is 60.9 Å². The SMILES string of the molecule is Cc1ccccc1-c1ccc(C(=O)N2CC(=O)CC2C(=O)N2CCN(c3cccc(C(F)(F)F)c3)CC2)cc1. The zero-order valence-electron chi connectivity index (χ0n) is 21.4. The molecule has 39 heavy (non-hydrogen) atoms. The van der Waals surface area contributed by atoms with Gasteiger partial charge in [-0.05, 0) is 53.9 Å². The van der Waals surface area contributed by atoms with Crippen LogP contribution in [-0.2, 0) is 15.8 Å². The third-order valence-corrected chi connectivity index (χ3v) is 7.41. The van der Waals surface area contributed by atoms with Crippen LogP contribution in [0.3, 0.4) is 0 Å². The van der Waals surface area contributed by atoms with E-state index in [4.69, 9.17) is 0 Å². The van der Waals surface area contributed by atoms with E-state index in [1.165, 1.54) is 11.0 Å². The Labute approximate surface area is 224 Å².